The Morgan fingerprint density at radius 1 is 1.21 bits per heavy atom. The van der Waals surface area contributed by atoms with Crippen molar-refractivity contribution in [3.63, 3.8) is 0 Å². The first-order valence-corrected chi connectivity index (χ1v) is 5.99. The Labute approximate surface area is 109 Å². The summed E-state index contributed by atoms with van der Waals surface area (Å²) in [5, 5.41) is 21.7. The normalized spacial score (nSPS) is 22.5. The molecule has 1 saturated heterocycles. The van der Waals surface area contributed by atoms with Crippen molar-refractivity contribution in [1.29, 1.82) is 0 Å². The van der Waals surface area contributed by atoms with E-state index in [1.807, 2.05) is 18.7 Å². The summed E-state index contributed by atoms with van der Waals surface area (Å²) >= 11 is 0. The maximum atomic E-state index is 11.1. The first-order chi connectivity index (χ1) is 8.91. The van der Waals surface area contributed by atoms with Crippen LogP contribution in [0.1, 0.15) is 26.7 Å². The van der Waals surface area contributed by atoms with Crippen molar-refractivity contribution in [3.8, 4) is 0 Å². The van der Waals surface area contributed by atoms with Gasteiger partial charge in [-0.2, -0.15) is 0 Å². The number of nitro groups is 2. The fourth-order valence-corrected chi connectivity index (χ4v) is 2.48. The smallest absolute Gasteiger partial charge is 0.318 e. The molecule has 2 atom stereocenters. The molecule has 2 heterocycles. The van der Waals surface area contributed by atoms with Crippen molar-refractivity contribution in [2.45, 2.75) is 38.8 Å². The highest BCUT2D eigenvalue weighted by Crippen LogP contribution is 2.36. The third-order valence-electron chi connectivity index (χ3n) is 3.44. The van der Waals surface area contributed by atoms with E-state index < -0.39 is 9.85 Å². The van der Waals surface area contributed by atoms with Crippen LogP contribution in [0.2, 0.25) is 0 Å². The summed E-state index contributed by atoms with van der Waals surface area (Å²) < 4.78 is 0. The molecule has 0 N–H and O–H groups in total. The van der Waals surface area contributed by atoms with Crippen LogP contribution in [0, 0.1) is 20.2 Å². The molecule has 1 aliphatic heterocycles. The Morgan fingerprint density at radius 3 is 2.26 bits per heavy atom. The number of rotatable bonds is 3. The monoisotopic (exact) mass is 266 g/mol. The van der Waals surface area contributed by atoms with Crippen molar-refractivity contribution in [2.24, 2.45) is 0 Å². The quantitative estimate of drug-likeness (QED) is 0.614. The molecule has 0 aromatic carbocycles. The van der Waals surface area contributed by atoms with Crippen molar-refractivity contribution in [1.82, 2.24) is 4.98 Å². The van der Waals surface area contributed by atoms with E-state index in [2.05, 4.69) is 4.98 Å². The van der Waals surface area contributed by atoms with Crippen molar-refractivity contribution in [2.75, 3.05) is 4.90 Å². The minimum atomic E-state index is -0.680. The third-order valence-corrected chi connectivity index (χ3v) is 3.44. The van der Waals surface area contributed by atoms with E-state index in [1.165, 1.54) is 0 Å². The number of anilines is 1. The highest BCUT2D eigenvalue weighted by molar-refractivity contribution is 5.62. The average molecular weight is 266 g/mol. The van der Waals surface area contributed by atoms with Gasteiger partial charge in [-0.3, -0.25) is 20.2 Å². The van der Waals surface area contributed by atoms with Gasteiger partial charge in [0, 0.05) is 12.1 Å². The van der Waals surface area contributed by atoms with Crippen molar-refractivity contribution >= 4 is 17.2 Å². The zero-order chi connectivity index (χ0) is 14.2. The van der Waals surface area contributed by atoms with Gasteiger partial charge in [-0.1, -0.05) is 0 Å². The second-order valence-corrected chi connectivity index (χ2v) is 4.73. The highest BCUT2D eigenvalue weighted by atomic mass is 16.6. The van der Waals surface area contributed by atoms with Gasteiger partial charge in [0.1, 0.15) is 6.20 Å². The summed E-state index contributed by atoms with van der Waals surface area (Å²) in [5.74, 6) is 0.216. The van der Waals surface area contributed by atoms with E-state index in [9.17, 15) is 20.2 Å². The molecule has 2 unspecified atom stereocenters. The molecule has 102 valence electrons. The topological polar surface area (TPSA) is 102 Å². The largest absolute Gasteiger partial charge is 0.345 e. The van der Waals surface area contributed by atoms with E-state index in [1.54, 1.807) is 0 Å². The van der Waals surface area contributed by atoms with E-state index >= 15 is 0 Å². The molecule has 8 heteroatoms. The first kappa shape index (κ1) is 13.2. The van der Waals surface area contributed by atoms with Gasteiger partial charge in [0.25, 0.3) is 5.69 Å². The second-order valence-electron chi connectivity index (χ2n) is 4.73. The molecular weight excluding hydrogens is 252 g/mol. The molecule has 0 bridgehead atoms. The van der Waals surface area contributed by atoms with Crippen LogP contribution in [0.3, 0.4) is 0 Å². The zero-order valence-electron chi connectivity index (χ0n) is 10.6. The summed E-state index contributed by atoms with van der Waals surface area (Å²) in [6.07, 6.45) is 2.92. The molecule has 0 amide bonds. The lowest BCUT2D eigenvalue weighted by Gasteiger charge is -2.26. The molecule has 0 spiro atoms. The van der Waals surface area contributed by atoms with Crippen LogP contribution in [0.5, 0.6) is 0 Å². The van der Waals surface area contributed by atoms with Crippen LogP contribution in [0.25, 0.3) is 0 Å². The van der Waals surface area contributed by atoms with Crippen LogP contribution < -0.4 is 4.90 Å². The Balaban J connectivity index is 2.50. The molecule has 0 saturated carbocycles. The standard InChI is InChI=1S/C11H14N4O4/c1-7-3-4-8(2)13(7)11-10(15(18)19)5-9(6-12-11)14(16)17/h5-8H,3-4H2,1-2H3. The zero-order valence-corrected chi connectivity index (χ0v) is 10.6. The van der Waals surface area contributed by atoms with Crippen LogP contribution in [-0.2, 0) is 0 Å². The molecule has 1 aliphatic rings. The minimum Gasteiger partial charge on any atom is -0.345 e. The lowest BCUT2D eigenvalue weighted by Crippen LogP contribution is -2.33. The van der Waals surface area contributed by atoms with E-state index in [-0.39, 0.29) is 29.3 Å². The predicted octanol–water partition coefficient (Wildman–Crippen LogP) is 2.28. The van der Waals surface area contributed by atoms with Gasteiger partial charge < -0.3 is 4.90 Å². The number of pyridine rings is 1. The van der Waals surface area contributed by atoms with Gasteiger partial charge in [-0.05, 0) is 26.7 Å². The maximum absolute atomic E-state index is 11.1. The SMILES string of the molecule is CC1CCC(C)N1c1ncc([N+](=O)[O-])cc1[N+](=O)[O-]. The Hall–Kier alpha value is -2.25. The van der Waals surface area contributed by atoms with Gasteiger partial charge in [-0.25, -0.2) is 4.98 Å². The summed E-state index contributed by atoms with van der Waals surface area (Å²) in [6, 6.07) is 1.26. The Kier molecular flexibility index (Phi) is 3.32. The highest BCUT2D eigenvalue weighted by Gasteiger charge is 2.34. The third kappa shape index (κ3) is 2.33. The van der Waals surface area contributed by atoms with Crippen LogP contribution in [0.4, 0.5) is 17.2 Å². The first-order valence-electron chi connectivity index (χ1n) is 5.99. The Morgan fingerprint density at radius 2 is 1.79 bits per heavy atom. The number of hydrogen-bond donors (Lipinski definition) is 0. The summed E-state index contributed by atoms with van der Waals surface area (Å²) in [5.41, 5.74) is -0.676. The number of nitrogens with zero attached hydrogens (tertiary/aromatic N) is 4. The van der Waals surface area contributed by atoms with Crippen molar-refractivity contribution < 1.29 is 9.85 Å². The molecule has 0 aliphatic carbocycles. The van der Waals surface area contributed by atoms with Gasteiger partial charge in [0.05, 0.1) is 15.9 Å². The van der Waals surface area contributed by atoms with E-state index in [4.69, 9.17) is 0 Å². The molecule has 2 rings (SSSR count). The van der Waals surface area contributed by atoms with Crippen LogP contribution >= 0.6 is 0 Å². The van der Waals surface area contributed by atoms with Gasteiger partial charge >= 0.3 is 5.69 Å². The van der Waals surface area contributed by atoms with Gasteiger partial charge in [0.15, 0.2) is 0 Å². The lowest BCUT2D eigenvalue weighted by molar-refractivity contribution is -0.394. The fourth-order valence-electron chi connectivity index (χ4n) is 2.48. The van der Waals surface area contributed by atoms with Crippen LogP contribution in [-0.4, -0.2) is 26.9 Å². The second kappa shape index (κ2) is 4.79. The minimum absolute atomic E-state index is 0.141. The molecule has 8 nitrogen and oxygen atoms in total. The van der Waals surface area contributed by atoms with E-state index in [0.29, 0.717) is 0 Å². The molecule has 1 fully saturated rings. The number of hydrogen-bond acceptors (Lipinski definition) is 6. The number of aromatic nitrogens is 1. The predicted molar refractivity (Wildman–Crippen MR) is 68.2 cm³/mol. The van der Waals surface area contributed by atoms with Gasteiger partial charge in [0.2, 0.25) is 5.82 Å². The summed E-state index contributed by atoms with van der Waals surface area (Å²) in [4.78, 5) is 26.3. The molecule has 1 aromatic rings. The summed E-state index contributed by atoms with van der Waals surface area (Å²) in [7, 11) is 0. The Bertz CT molecular complexity index is 523. The lowest BCUT2D eigenvalue weighted by atomic mass is 10.2. The average Bonchev–Trinajstić information content (AvgIpc) is 2.68. The maximum Gasteiger partial charge on any atom is 0.318 e. The van der Waals surface area contributed by atoms with E-state index in [0.717, 1.165) is 25.1 Å². The van der Waals surface area contributed by atoms with Gasteiger partial charge in [-0.15, -0.1) is 0 Å². The molecule has 0 radical (unpaired) electrons. The van der Waals surface area contributed by atoms with Crippen LogP contribution in [0.15, 0.2) is 12.3 Å². The fraction of sp³-hybridized carbons (Fsp3) is 0.545. The van der Waals surface area contributed by atoms with Crippen molar-refractivity contribution in [3.05, 3.63) is 32.5 Å². The molecular formula is C11H14N4O4. The molecule has 1 aromatic heterocycles. The molecule has 19 heavy (non-hydrogen) atoms. The summed E-state index contributed by atoms with van der Waals surface area (Å²) in [6.45, 7) is 3.94.